The van der Waals surface area contributed by atoms with E-state index in [-0.39, 0.29) is 23.8 Å². The van der Waals surface area contributed by atoms with Gasteiger partial charge in [-0.3, -0.25) is 4.79 Å². The number of carbonyl (C=O) groups excluding carboxylic acids is 1. The molecule has 0 fully saturated rings. The van der Waals surface area contributed by atoms with E-state index in [1.165, 1.54) is 24.5 Å². The summed E-state index contributed by atoms with van der Waals surface area (Å²) in [6.07, 6.45) is -3.21. The molecule has 21 heavy (non-hydrogen) atoms. The summed E-state index contributed by atoms with van der Waals surface area (Å²) in [6, 6.07) is 5.80. The second-order valence-electron chi connectivity index (χ2n) is 4.07. The minimum Gasteiger partial charge on any atom is -0.492 e. The summed E-state index contributed by atoms with van der Waals surface area (Å²) in [5.74, 6) is -0.499. The van der Waals surface area contributed by atoms with Gasteiger partial charge < -0.3 is 14.5 Å². The molecule has 0 aliphatic heterocycles. The van der Waals surface area contributed by atoms with Crippen molar-refractivity contribution >= 4 is 11.6 Å². The highest BCUT2D eigenvalue weighted by atomic mass is 19.4. The minimum atomic E-state index is -4.51. The fraction of sp³-hybridized carbons (Fsp3) is 0.214. The SMILES string of the molecule is CCOc1ccc(C(F)(F)F)cc1NC(=O)c1ccco1. The summed E-state index contributed by atoms with van der Waals surface area (Å²) in [6.45, 7) is 1.95. The zero-order chi connectivity index (χ0) is 15.5. The van der Waals surface area contributed by atoms with E-state index < -0.39 is 17.6 Å². The van der Waals surface area contributed by atoms with Gasteiger partial charge in [-0.25, -0.2) is 0 Å². The molecule has 1 aromatic heterocycles. The van der Waals surface area contributed by atoms with Gasteiger partial charge in [-0.2, -0.15) is 13.2 Å². The molecule has 0 bridgehead atoms. The second kappa shape index (κ2) is 5.90. The van der Waals surface area contributed by atoms with Crippen LogP contribution in [0.25, 0.3) is 0 Å². The molecule has 112 valence electrons. The Labute approximate surface area is 118 Å². The lowest BCUT2D eigenvalue weighted by molar-refractivity contribution is -0.137. The van der Waals surface area contributed by atoms with Crippen molar-refractivity contribution in [1.82, 2.24) is 0 Å². The van der Waals surface area contributed by atoms with Crippen LogP contribution in [0.1, 0.15) is 23.0 Å². The predicted molar refractivity (Wildman–Crippen MR) is 69.3 cm³/mol. The molecule has 0 aliphatic carbocycles. The molecule has 0 unspecified atom stereocenters. The number of rotatable bonds is 4. The Morgan fingerprint density at radius 2 is 2.10 bits per heavy atom. The van der Waals surface area contributed by atoms with Crippen molar-refractivity contribution < 1.29 is 27.1 Å². The Bertz CT molecular complexity index is 621. The smallest absolute Gasteiger partial charge is 0.416 e. The fourth-order valence-electron chi connectivity index (χ4n) is 1.68. The number of halogens is 3. The van der Waals surface area contributed by atoms with Crippen molar-refractivity contribution in [2.45, 2.75) is 13.1 Å². The van der Waals surface area contributed by atoms with E-state index in [4.69, 9.17) is 9.15 Å². The highest BCUT2D eigenvalue weighted by Gasteiger charge is 2.31. The van der Waals surface area contributed by atoms with Gasteiger partial charge >= 0.3 is 6.18 Å². The monoisotopic (exact) mass is 299 g/mol. The van der Waals surface area contributed by atoms with Crippen LogP contribution in [0.15, 0.2) is 41.0 Å². The summed E-state index contributed by atoms with van der Waals surface area (Å²) in [4.78, 5) is 11.9. The Morgan fingerprint density at radius 3 is 2.67 bits per heavy atom. The summed E-state index contributed by atoms with van der Waals surface area (Å²) >= 11 is 0. The van der Waals surface area contributed by atoms with E-state index in [0.29, 0.717) is 0 Å². The van der Waals surface area contributed by atoms with Crippen molar-refractivity contribution in [2.75, 3.05) is 11.9 Å². The molecular weight excluding hydrogens is 287 g/mol. The molecule has 0 aliphatic rings. The Hall–Kier alpha value is -2.44. The zero-order valence-electron chi connectivity index (χ0n) is 11.0. The number of hydrogen-bond acceptors (Lipinski definition) is 3. The van der Waals surface area contributed by atoms with Crippen LogP contribution in [-0.2, 0) is 6.18 Å². The van der Waals surface area contributed by atoms with Gasteiger partial charge in [0.15, 0.2) is 5.76 Å². The standard InChI is InChI=1S/C14H12F3NO3/c1-2-20-11-6-5-9(14(15,16)17)8-10(11)18-13(19)12-4-3-7-21-12/h3-8H,2H2,1H3,(H,18,19). The number of carbonyl (C=O) groups is 1. The molecule has 2 rings (SSSR count). The molecule has 7 heteroatoms. The fourth-order valence-corrected chi connectivity index (χ4v) is 1.68. The van der Waals surface area contributed by atoms with Crippen molar-refractivity contribution in [3.63, 3.8) is 0 Å². The van der Waals surface area contributed by atoms with Gasteiger partial charge in [-0.05, 0) is 37.3 Å². The van der Waals surface area contributed by atoms with Gasteiger partial charge in [0, 0.05) is 0 Å². The number of ether oxygens (including phenoxy) is 1. The van der Waals surface area contributed by atoms with Crippen molar-refractivity contribution in [3.8, 4) is 5.75 Å². The summed E-state index contributed by atoms with van der Waals surface area (Å²) in [7, 11) is 0. The van der Waals surface area contributed by atoms with Crippen LogP contribution in [0.5, 0.6) is 5.75 Å². The maximum atomic E-state index is 12.7. The Morgan fingerprint density at radius 1 is 1.33 bits per heavy atom. The van der Waals surface area contributed by atoms with Crippen LogP contribution in [0.2, 0.25) is 0 Å². The number of amides is 1. The Balaban J connectivity index is 2.32. The predicted octanol–water partition coefficient (Wildman–Crippen LogP) is 3.95. The van der Waals surface area contributed by atoms with E-state index in [1.54, 1.807) is 6.92 Å². The molecule has 4 nitrogen and oxygen atoms in total. The first-order chi connectivity index (χ1) is 9.91. The van der Waals surface area contributed by atoms with Crippen LogP contribution in [0.3, 0.4) is 0 Å². The molecule has 1 aromatic carbocycles. The topological polar surface area (TPSA) is 51.5 Å². The molecule has 0 atom stereocenters. The molecule has 1 heterocycles. The maximum Gasteiger partial charge on any atom is 0.416 e. The molecule has 0 spiro atoms. The van der Waals surface area contributed by atoms with Crippen LogP contribution in [-0.4, -0.2) is 12.5 Å². The van der Waals surface area contributed by atoms with Gasteiger partial charge in [0.05, 0.1) is 24.1 Å². The highest BCUT2D eigenvalue weighted by molar-refractivity contribution is 6.03. The van der Waals surface area contributed by atoms with E-state index in [1.807, 2.05) is 0 Å². The molecule has 0 radical (unpaired) electrons. The zero-order valence-corrected chi connectivity index (χ0v) is 11.0. The lowest BCUT2D eigenvalue weighted by Crippen LogP contribution is -2.14. The molecule has 0 saturated carbocycles. The molecule has 0 saturated heterocycles. The number of benzene rings is 1. The lowest BCUT2D eigenvalue weighted by Gasteiger charge is -2.14. The van der Waals surface area contributed by atoms with Crippen LogP contribution < -0.4 is 10.1 Å². The first-order valence-corrected chi connectivity index (χ1v) is 6.10. The van der Waals surface area contributed by atoms with Gasteiger partial charge in [-0.15, -0.1) is 0 Å². The average Bonchev–Trinajstić information content (AvgIpc) is 2.93. The summed E-state index contributed by atoms with van der Waals surface area (Å²) in [5, 5.41) is 2.35. The quantitative estimate of drug-likeness (QED) is 0.930. The lowest BCUT2D eigenvalue weighted by atomic mass is 10.1. The number of furan rings is 1. The highest BCUT2D eigenvalue weighted by Crippen LogP contribution is 2.35. The number of anilines is 1. The van der Waals surface area contributed by atoms with Gasteiger partial charge in [-0.1, -0.05) is 0 Å². The second-order valence-corrected chi connectivity index (χ2v) is 4.07. The van der Waals surface area contributed by atoms with E-state index in [9.17, 15) is 18.0 Å². The average molecular weight is 299 g/mol. The third-order valence-corrected chi connectivity index (χ3v) is 2.60. The minimum absolute atomic E-state index is 0.00476. The first kappa shape index (κ1) is 15.0. The summed E-state index contributed by atoms with van der Waals surface area (Å²) < 4.78 is 48.3. The molecular formula is C14H12F3NO3. The van der Waals surface area contributed by atoms with Crippen LogP contribution >= 0.6 is 0 Å². The third-order valence-electron chi connectivity index (χ3n) is 2.60. The van der Waals surface area contributed by atoms with Gasteiger partial charge in [0.1, 0.15) is 5.75 Å². The molecule has 1 amide bonds. The van der Waals surface area contributed by atoms with Crippen molar-refractivity contribution in [2.24, 2.45) is 0 Å². The molecule has 1 N–H and O–H groups in total. The van der Waals surface area contributed by atoms with Gasteiger partial charge in [0.25, 0.3) is 5.91 Å². The number of alkyl halides is 3. The largest absolute Gasteiger partial charge is 0.492 e. The normalized spacial score (nSPS) is 11.2. The third kappa shape index (κ3) is 3.56. The van der Waals surface area contributed by atoms with Gasteiger partial charge in [0.2, 0.25) is 0 Å². The van der Waals surface area contributed by atoms with Crippen LogP contribution in [0, 0.1) is 0 Å². The number of hydrogen-bond donors (Lipinski definition) is 1. The first-order valence-electron chi connectivity index (χ1n) is 6.10. The Kier molecular flexibility index (Phi) is 4.21. The number of nitrogens with one attached hydrogen (secondary N) is 1. The van der Waals surface area contributed by atoms with Crippen LogP contribution in [0.4, 0.5) is 18.9 Å². The summed E-state index contributed by atoms with van der Waals surface area (Å²) in [5.41, 5.74) is -0.936. The molecule has 2 aromatic rings. The van der Waals surface area contributed by atoms with E-state index in [0.717, 1.165) is 12.1 Å². The van der Waals surface area contributed by atoms with Crippen molar-refractivity contribution in [3.05, 3.63) is 47.9 Å². The van der Waals surface area contributed by atoms with E-state index in [2.05, 4.69) is 5.32 Å². The maximum absolute atomic E-state index is 12.7. The van der Waals surface area contributed by atoms with Crippen molar-refractivity contribution in [1.29, 1.82) is 0 Å². The van der Waals surface area contributed by atoms with E-state index >= 15 is 0 Å².